The number of aliphatic carboxylic acids is 1. The molecule has 1 saturated heterocycles. The first-order valence-corrected chi connectivity index (χ1v) is 9.34. The summed E-state index contributed by atoms with van der Waals surface area (Å²) in [4.78, 5) is 25.7. The minimum absolute atomic E-state index is 0.0737. The summed E-state index contributed by atoms with van der Waals surface area (Å²) >= 11 is 1.49. The minimum Gasteiger partial charge on any atom is -0.480 e. The predicted molar refractivity (Wildman–Crippen MR) is 91.3 cm³/mol. The topological polar surface area (TPSA) is 81.4 Å². The zero-order chi connectivity index (χ0) is 17.1. The Kier molecular flexibility index (Phi) is 5.10. The Balaban J connectivity index is 1.54. The van der Waals surface area contributed by atoms with Crippen molar-refractivity contribution < 1.29 is 14.7 Å². The van der Waals surface area contributed by atoms with Gasteiger partial charge in [-0.15, -0.1) is 11.8 Å². The van der Waals surface area contributed by atoms with Gasteiger partial charge in [-0.25, -0.2) is 4.79 Å². The van der Waals surface area contributed by atoms with Crippen molar-refractivity contribution in [2.75, 3.05) is 12.3 Å². The molecule has 126 valence electrons. The van der Waals surface area contributed by atoms with Crippen LogP contribution in [0.3, 0.4) is 0 Å². The number of carboxylic acid groups (broad SMARTS) is 1. The molecule has 6 heteroatoms. The second-order valence-corrected chi connectivity index (χ2v) is 7.47. The number of amides is 1. The summed E-state index contributed by atoms with van der Waals surface area (Å²) in [6.07, 6.45) is 3.04. The van der Waals surface area contributed by atoms with Crippen LogP contribution in [0.1, 0.15) is 30.4 Å². The van der Waals surface area contributed by atoms with Crippen molar-refractivity contribution >= 4 is 23.6 Å². The largest absolute Gasteiger partial charge is 0.480 e. The normalized spacial score (nSPS) is 25.3. The number of thioether (sulfide) groups is 1. The molecule has 2 aliphatic rings. The lowest BCUT2D eigenvalue weighted by atomic mass is 9.94. The standard InChI is InChI=1S/C18H20N2O3S/c19-8-12-4-6-13(7-5-12)10-24-11-16(21)20-9-14-2-1-3-15(14)17(20)18(22)23/h4-7,14-15,17H,1-3,9-11H2,(H,22,23). The molecule has 0 aromatic heterocycles. The first kappa shape index (κ1) is 16.8. The second kappa shape index (κ2) is 7.27. The maximum absolute atomic E-state index is 12.5. The SMILES string of the molecule is N#Cc1ccc(CSCC(=O)N2CC3CCCC3C2C(=O)O)cc1. The third-order valence-corrected chi connectivity index (χ3v) is 6.03. The molecule has 5 nitrogen and oxygen atoms in total. The minimum atomic E-state index is -0.866. The smallest absolute Gasteiger partial charge is 0.326 e. The quantitative estimate of drug-likeness (QED) is 0.887. The highest BCUT2D eigenvalue weighted by molar-refractivity contribution is 7.99. The van der Waals surface area contributed by atoms with E-state index in [0.717, 1.165) is 24.8 Å². The van der Waals surface area contributed by atoms with Gasteiger partial charge in [-0.2, -0.15) is 5.26 Å². The van der Waals surface area contributed by atoms with Gasteiger partial charge in [0.1, 0.15) is 6.04 Å². The van der Waals surface area contributed by atoms with Gasteiger partial charge in [-0.05, 0) is 42.4 Å². The maximum Gasteiger partial charge on any atom is 0.326 e. The summed E-state index contributed by atoms with van der Waals surface area (Å²) in [6, 6.07) is 8.74. The molecule has 24 heavy (non-hydrogen) atoms. The van der Waals surface area contributed by atoms with E-state index < -0.39 is 12.0 Å². The molecule has 3 atom stereocenters. The van der Waals surface area contributed by atoms with Gasteiger partial charge in [0.2, 0.25) is 5.91 Å². The van der Waals surface area contributed by atoms with Crippen LogP contribution in [0.25, 0.3) is 0 Å². The van der Waals surface area contributed by atoms with Crippen LogP contribution in [0.15, 0.2) is 24.3 Å². The van der Waals surface area contributed by atoms with Crippen LogP contribution in [-0.4, -0.2) is 40.2 Å². The molecule has 1 aliphatic heterocycles. The van der Waals surface area contributed by atoms with Crippen LogP contribution in [-0.2, 0) is 15.3 Å². The number of hydrogen-bond donors (Lipinski definition) is 1. The van der Waals surface area contributed by atoms with E-state index in [1.54, 1.807) is 17.0 Å². The number of nitriles is 1. The molecule has 0 radical (unpaired) electrons. The van der Waals surface area contributed by atoms with Gasteiger partial charge in [0, 0.05) is 12.3 Å². The predicted octanol–water partition coefficient (Wildman–Crippen LogP) is 2.50. The molecule has 0 bridgehead atoms. The van der Waals surface area contributed by atoms with Crippen LogP contribution in [0.4, 0.5) is 0 Å². The third kappa shape index (κ3) is 3.41. The third-order valence-electron chi connectivity index (χ3n) is 5.04. The fraction of sp³-hybridized carbons (Fsp3) is 0.500. The number of carbonyl (C=O) groups excluding carboxylic acids is 1. The Morgan fingerprint density at radius 2 is 2.04 bits per heavy atom. The summed E-state index contributed by atoms with van der Waals surface area (Å²) in [5.41, 5.74) is 1.67. The lowest BCUT2D eigenvalue weighted by molar-refractivity contribution is -0.148. The lowest BCUT2D eigenvalue weighted by Crippen LogP contribution is -2.44. The number of fused-ring (bicyclic) bond motifs is 1. The molecule has 2 fully saturated rings. The van der Waals surface area contributed by atoms with E-state index in [1.165, 1.54) is 11.8 Å². The molecule has 1 aromatic carbocycles. The van der Waals surface area contributed by atoms with Gasteiger partial charge in [0.15, 0.2) is 0 Å². The van der Waals surface area contributed by atoms with E-state index in [1.807, 2.05) is 12.1 Å². The van der Waals surface area contributed by atoms with Crippen molar-refractivity contribution in [1.29, 1.82) is 5.26 Å². The van der Waals surface area contributed by atoms with E-state index >= 15 is 0 Å². The molecule has 1 amide bonds. The average Bonchev–Trinajstić information content (AvgIpc) is 3.15. The maximum atomic E-state index is 12.5. The highest BCUT2D eigenvalue weighted by atomic mass is 32.2. The van der Waals surface area contributed by atoms with E-state index in [9.17, 15) is 14.7 Å². The molecular weight excluding hydrogens is 324 g/mol. The van der Waals surface area contributed by atoms with Crippen molar-refractivity contribution in [2.45, 2.75) is 31.1 Å². The monoisotopic (exact) mass is 344 g/mol. The van der Waals surface area contributed by atoms with Crippen LogP contribution in [0.5, 0.6) is 0 Å². The van der Waals surface area contributed by atoms with Crippen LogP contribution in [0.2, 0.25) is 0 Å². The fourth-order valence-corrected chi connectivity index (χ4v) is 4.76. The van der Waals surface area contributed by atoms with Crippen molar-refractivity contribution in [1.82, 2.24) is 4.90 Å². The Morgan fingerprint density at radius 1 is 1.29 bits per heavy atom. The van der Waals surface area contributed by atoms with Crippen LogP contribution in [0, 0.1) is 23.2 Å². The Labute approximate surface area is 145 Å². The van der Waals surface area contributed by atoms with Crippen molar-refractivity contribution in [3.8, 4) is 6.07 Å². The Morgan fingerprint density at radius 3 is 2.71 bits per heavy atom. The molecular formula is C18H20N2O3S. The van der Waals surface area contributed by atoms with Gasteiger partial charge in [-0.1, -0.05) is 18.6 Å². The van der Waals surface area contributed by atoms with E-state index in [2.05, 4.69) is 6.07 Å². The van der Waals surface area contributed by atoms with Gasteiger partial charge in [0.25, 0.3) is 0 Å². The average molecular weight is 344 g/mol. The van der Waals surface area contributed by atoms with Gasteiger partial charge < -0.3 is 10.0 Å². The summed E-state index contributed by atoms with van der Waals surface area (Å²) in [7, 11) is 0. The second-order valence-electron chi connectivity index (χ2n) is 6.49. The lowest BCUT2D eigenvalue weighted by Gasteiger charge is -2.24. The van der Waals surface area contributed by atoms with Crippen LogP contribution >= 0.6 is 11.8 Å². The highest BCUT2D eigenvalue weighted by Crippen LogP contribution is 2.42. The fourth-order valence-electron chi connectivity index (χ4n) is 3.89. The number of carbonyl (C=O) groups is 2. The summed E-state index contributed by atoms with van der Waals surface area (Å²) in [5, 5.41) is 18.3. The molecule has 1 saturated carbocycles. The first-order valence-electron chi connectivity index (χ1n) is 8.19. The number of benzene rings is 1. The first-order chi connectivity index (χ1) is 11.6. The van der Waals surface area contributed by atoms with E-state index in [0.29, 0.717) is 29.5 Å². The molecule has 1 aliphatic carbocycles. The van der Waals surface area contributed by atoms with E-state index in [4.69, 9.17) is 5.26 Å². The molecule has 0 spiro atoms. The van der Waals surface area contributed by atoms with Crippen molar-refractivity contribution in [3.63, 3.8) is 0 Å². The number of hydrogen-bond acceptors (Lipinski definition) is 4. The molecule has 3 rings (SSSR count). The zero-order valence-corrected chi connectivity index (χ0v) is 14.2. The molecule has 3 unspecified atom stereocenters. The van der Waals surface area contributed by atoms with Gasteiger partial charge in [0.05, 0.1) is 17.4 Å². The molecule has 1 N–H and O–H groups in total. The molecule has 1 heterocycles. The summed E-state index contributed by atoms with van der Waals surface area (Å²) in [6.45, 7) is 0.595. The van der Waals surface area contributed by atoms with Crippen molar-refractivity contribution in [3.05, 3.63) is 35.4 Å². The summed E-state index contributed by atoms with van der Waals surface area (Å²) < 4.78 is 0. The Hall–Kier alpha value is -2.00. The number of rotatable bonds is 5. The number of likely N-dealkylation sites (tertiary alicyclic amines) is 1. The summed E-state index contributed by atoms with van der Waals surface area (Å²) in [5.74, 6) is 0.526. The van der Waals surface area contributed by atoms with Crippen molar-refractivity contribution in [2.24, 2.45) is 11.8 Å². The highest BCUT2D eigenvalue weighted by Gasteiger charge is 2.49. The number of carboxylic acids is 1. The van der Waals surface area contributed by atoms with E-state index in [-0.39, 0.29) is 11.8 Å². The number of nitrogens with zero attached hydrogens (tertiary/aromatic N) is 2. The zero-order valence-electron chi connectivity index (χ0n) is 13.4. The van der Waals surface area contributed by atoms with Gasteiger partial charge >= 0.3 is 5.97 Å². The molecule has 1 aromatic rings. The van der Waals surface area contributed by atoms with Crippen LogP contribution < -0.4 is 0 Å². The Bertz CT molecular complexity index is 668. The van der Waals surface area contributed by atoms with Gasteiger partial charge in [-0.3, -0.25) is 4.79 Å².